The summed E-state index contributed by atoms with van der Waals surface area (Å²) in [6.07, 6.45) is 0. The van der Waals surface area contributed by atoms with Crippen LogP contribution in [0.1, 0.15) is 20.7 Å². The van der Waals surface area contributed by atoms with E-state index in [-0.39, 0.29) is 27.1 Å². The van der Waals surface area contributed by atoms with Crippen LogP contribution in [0.4, 0.5) is 11.4 Å². The summed E-state index contributed by atoms with van der Waals surface area (Å²) in [7, 11) is -3.98. The zero-order chi connectivity index (χ0) is 25.0. The molecule has 0 atom stereocenters. The Balaban J connectivity index is 1.51. The maximum atomic E-state index is 13.0. The number of nitrogens with zero attached hydrogens (tertiary/aromatic N) is 1. The Hall–Kier alpha value is -3.11. The minimum atomic E-state index is -3.98. The molecule has 2 amide bonds. The molecule has 1 fully saturated rings. The van der Waals surface area contributed by atoms with Gasteiger partial charge in [-0.2, -0.15) is 0 Å². The number of carbonyl (C=O) groups is 2. The van der Waals surface area contributed by atoms with Crippen LogP contribution in [0.2, 0.25) is 10.0 Å². The van der Waals surface area contributed by atoms with Gasteiger partial charge in [0.2, 0.25) is 0 Å². The first kappa shape index (κ1) is 25.0. The summed E-state index contributed by atoms with van der Waals surface area (Å²) < 4.78 is 33.3. The predicted octanol–water partition coefficient (Wildman–Crippen LogP) is 4.52. The Kier molecular flexibility index (Phi) is 7.61. The van der Waals surface area contributed by atoms with Gasteiger partial charge in [-0.25, -0.2) is 8.42 Å². The number of anilines is 2. The van der Waals surface area contributed by atoms with Gasteiger partial charge in [0.15, 0.2) is 0 Å². The van der Waals surface area contributed by atoms with Crippen LogP contribution in [0, 0.1) is 0 Å². The molecule has 0 aromatic heterocycles. The number of ether oxygens (including phenoxy) is 1. The quantitative estimate of drug-likeness (QED) is 0.484. The van der Waals surface area contributed by atoms with E-state index >= 15 is 0 Å². The topological polar surface area (TPSA) is 105 Å². The summed E-state index contributed by atoms with van der Waals surface area (Å²) >= 11 is 11.9. The summed E-state index contributed by atoms with van der Waals surface area (Å²) in [5.41, 5.74) is 1.01. The van der Waals surface area contributed by atoms with Crippen molar-refractivity contribution in [2.24, 2.45) is 0 Å². The number of halogens is 2. The van der Waals surface area contributed by atoms with Crippen molar-refractivity contribution in [3.63, 3.8) is 0 Å². The second kappa shape index (κ2) is 10.7. The molecule has 182 valence electrons. The van der Waals surface area contributed by atoms with Crippen LogP contribution in [0.5, 0.6) is 0 Å². The zero-order valence-corrected chi connectivity index (χ0v) is 20.7. The second-order valence-electron chi connectivity index (χ2n) is 7.69. The standard InChI is InChI=1S/C24H21Cl2N3O5S/c25-17-3-8-20(9-4-17)35(32,33)28-22-10-5-18(26)15-21(22)23(30)27-19-6-1-16(2-7-19)24(31)29-11-13-34-14-12-29/h1-10,15,28H,11-14H2,(H,27,30). The van der Waals surface area contributed by atoms with Crippen molar-refractivity contribution in [3.8, 4) is 0 Å². The molecule has 0 saturated carbocycles. The highest BCUT2D eigenvalue weighted by molar-refractivity contribution is 7.92. The Labute approximate surface area is 212 Å². The van der Waals surface area contributed by atoms with Crippen LogP contribution < -0.4 is 10.0 Å². The Bertz CT molecular complexity index is 1340. The van der Waals surface area contributed by atoms with Gasteiger partial charge in [0.25, 0.3) is 21.8 Å². The minimum absolute atomic E-state index is 0.0104. The minimum Gasteiger partial charge on any atom is -0.378 e. The van der Waals surface area contributed by atoms with Crippen LogP contribution in [0.3, 0.4) is 0 Å². The van der Waals surface area contributed by atoms with Gasteiger partial charge in [0.05, 0.1) is 29.4 Å². The largest absolute Gasteiger partial charge is 0.378 e. The highest BCUT2D eigenvalue weighted by Gasteiger charge is 2.21. The number of rotatable bonds is 6. The van der Waals surface area contributed by atoms with Crippen molar-refractivity contribution < 1.29 is 22.7 Å². The lowest BCUT2D eigenvalue weighted by Crippen LogP contribution is -2.40. The lowest BCUT2D eigenvalue weighted by molar-refractivity contribution is 0.0303. The van der Waals surface area contributed by atoms with E-state index < -0.39 is 15.9 Å². The molecule has 2 N–H and O–H groups in total. The molecule has 0 spiro atoms. The number of morpholine rings is 1. The first-order valence-electron chi connectivity index (χ1n) is 10.6. The second-order valence-corrected chi connectivity index (χ2v) is 10.2. The smallest absolute Gasteiger partial charge is 0.261 e. The lowest BCUT2D eigenvalue weighted by atomic mass is 10.1. The van der Waals surface area contributed by atoms with E-state index in [0.717, 1.165) is 0 Å². The molecule has 35 heavy (non-hydrogen) atoms. The zero-order valence-electron chi connectivity index (χ0n) is 18.3. The molecule has 1 heterocycles. The van der Waals surface area contributed by atoms with E-state index in [0.29, 0.717) is 42.6 Å². The van der Waals surface area contributed by atoms with Gasteiger partial charge >= 0.3 is 0 Å². The lowest BCUT2D eigenvalue weighted by Gasteiger charge is -2.26. The molecule has 3 aromatic carbocycles. The molecule has 0 aliphatic carbocycles. The third-order valence-electron chi connectivity index (χ3n) is 5.28. The van der Waals surface area contributed by atoms with E-state index in [4.69, 9.17) is 27.9 Å². The van der Waals surface area contributed by atoms with Crippen molar-refractivity contribution >= 4 is 56.4 Å². The van der Waals surface area contributed by atoms with Crippen LogP contribution in [-0.4, -0.2) is 51.4 Å². The molecule has 0 unspecified atom stereocenters. The van der Waals surface area contributed by atoms with Crippen molar-refractivity contribution in [2.75, 3.05) is 36.3 Å². The normalized spacial score (nSPS) is 13.8. The van der Waals surface area contributed by atoms with E-state index in [1.807, 2.05) is 0 Å². The average Bonchev–Trinajstić information content (AvgIpc) is 2.86. The molecule has 0 radical (unpaired) electrons. The highest BCUT2D eigenvalue weighted by Crippen LogP contribution is 2.25. The average molecular weight is 534 g/mol. The maximum absolute atomic E-state index is 13.0. The van der Waals surface area contributed by atoms with Gasteiger partial charge in [0.1, 0.15) is 0 Å². The number of sulfonamides is 1. The van der Waals surface area contributed by atoms with Crippen molar-refractivity contribution in [1.82, 2.24) is 4.90 Å². The number of benzene rings is 3. The molecule has 1 aliphatic heterocycles. The maximum Gasteiger partial charge on any atom is 0.261 e. The highest BCUT2D eigenvalue weighted by atomic mass is 35.5. The van der Waals surface area contributed by atoms with Crippen molar-refractivity contribution in [2.45, 2.75) is 4.90 Å². The Morgan fingerprint density at radius 1 is 0.857 bits per heavy atom. The Morgan fingerprint density at radius 2 is 1.49 bits per heavy atom. The fourth-order valence-corrected chi connectivity index (χ4v) is 4.83. The third-order valence-corrected chi connectivity index (χ3v) is 7.15. The number of carbonyl (C=O) groups excluding carboxylic acids is 2. The summed E-state index contributed by atoms with van der Waals surface area (Å²) in [4.78, 5) is 27.3. The van der Waals surface area contributed by atoms with Crippen LogP contribution in [0.25, 0.3) is 0 Å². The molecule has 1 aliphatic rings. The molecule has 4 rings (SSSR count). The summed E-state index contributed by atoms with van der Waals surface area (Å²) in [5.74, 6) is -0.687. The number of hydrogen-bond acceptors (Lipinski definition) is 5. The van der Waals surface area contributed by atoms with E-state index in [1.54, 1.807) is 29.2 Å². The molecule has 11 heteroatoms. The van der Waals surface area contributed by atoms with Gasteiger partial charge in [0, 0.05) is 34.4 Å². The third kappa shape index (κ3) is 6.12. The summed E-state index contributed by atoms with van der Waals surface area (Å²) in [5, 5.41) is 3.37. The molecular formula is C24H21Cl2N3O5S. The monoisotopic (exact) mass is 533 g/mol. The van der Waals surface area contributed by atoms with Crippen LogP contribution in [-0.2, 0) is 14.8 Å². The van der Waals surface area contributed by atoms with Gasteiger partial charge < -0.3 is 15.0 Å². The molecule has 0 bridgehead atoms. The summed E-state index contributed by atoms with van der Waals surface area (Å²) in [6, 6.07) is 16.3. The summed E-state index contributed by atoms with van der Waals surface area (Å²) in [6.45, 7) is 2.06. The van der Waals surface area contributed by atoms with E-state index in [1.165, 1.54) is 42.5 Å². The van der Waals surface area contributed by atoms with Crippen LogP contribution >= 0.6 is 23.2 Å². The molecule has 1 saturated heterocycles. The van der Waals surface area contributed by atoms with Crippen LogP contribution in [0.15, 0.2) is 71.6 Å². The van der Waals surface area contributed by atoms with Crippen molar-refractivity contribution in [1.29, 1.82) is 0 Å². The number of amides is 2. The van der Waals surface area contributed by atoms with Gasteiger partial charge in [-0.1, -0.05) is 23.2 Å². The van der Waals surface area contributed by atoms with Crippen molar-refractivity contribution in [3.05, 3.63) is 87.9 Å². The first-order valence-corrected chi connectivity index (χ1v) is 12.8. The molecular weight excluding hydrogens is 513 g/mol. The van der Waals surface area contributed by atoms with E-state index in [2.05, 4.69) is 10.0 Å². The first-order chi connectivity index (χ1) is 16.7. The van der Waals surface area contributed by atoms with E-state index in [9.17, 15) is 18.0 Å². The van der Waals surface area contributed by atoms with Gasteiger partial charge in [-0.3, -0.25) is 14.3 Å². The fourth-order valence-electron chi connectivity index (χ4n) is 3.45. The van der Waals surface area contributed by atoms with Gasteiger partial charge in [-0.05, 0) is 66.7 Å². The molecule has 8 nitrogen and oxygen atoms in total. The Morgan fingerprint density at radius 3 is 2.14 bits per heavy atom. The SMILES string of the molecule is O=C(Nc1ccc(C(=O)N2CCOCC2)cc1)c1cc(Cl)ccc1NS(=O)(=O)c1ccc(Cl)cc1. The number of hydrogen-bond donors (Lipinski definition) is 2. The molecule has 3 aromatic rings. The number of nitrogens with one attached hydrogen (secondary N) is 2. The fraction of sp³-hybridized carbons (Fsp3) is 0.167. The predicted molar refractivity (Wildman–Crippen MR) is 135 cm³/mol. The van der Waals surface area contributed by atoms with Gasteiger partial charge in [-0.15, -0.1) is 0 Å².